The van der Waals surface area contributed by atoms with Gasteiger partial charge in [0.1, 0.15) is 11.3 Å². The zero-order chi connectivity index (χ0) is 24.6. The first-order valence-electron chi connectivity index (χ1n) is 12.0. The third kappa shape index (κ3) is 3.87. The lowest BCUT2D eigenvalue weighted by Crippen LogP contribution is -2.09. The summed E-state index contributed by atoms with van der Waals surface area (Å²) in [7, 11) is 1.63. The highest BCUT2D eigenvalue weighted by molar-refractivity contribution is 6.05. The van der Waals surface area contributed by atoms with E-state index in [2.05, 4.69) is 53.8 Å². The highest BCUT2D eigenvalue weighted by Crippen LogP contribution is 2.39. The Labute approximate surface area is 209 Å². The van der Waals surface area contributed by atoms with Crippen LogP contribution in [0.15, 0.2) is 102 Å². The quantitative estimate of drug-likeness (QED) is 0.262. The van der Waals surface area contributed by atoms with Gasteiger partial charge in [-0.25, -0.2) is 0 Å². The van der Waals surface area contributed by atoms with E-state index >= 15 is 0 Å². The summed E-state index contributed by atoms with van der Waals surface area (Å²) in [6.45, 7) is 1.92. The van der Waals surface area contributed by atoms with Crippen LogP contribution in [-0.2, 0) is 11.2 Å². The highest BCUT2D eigenvalue weighted by atomic mass is 16.5. The van der Waals surface area contributed by atoms with Crippen LogP contribution in [0.3, 0.4) is 0 Å². The number of furan rings is 1. The number of hydrogen-bond acceptors (Lipinski definition) is 3. The Morgan fingerprint density at radius 2 is 1.67 bits per heavy atom. The number of rotatable bonds is 5. The molecule has 5 aromatic rings. The van der Waals surface area contributed by atoms with Gasteiger partial charge in [-0.3, -0.25) is 4.79 Å². The Morgan fingerprint density at radius 3 is 2.50 bits per heavy atom. The molecule has 1 aromatic heterocycles. The third-order valence-electron chi connectivity index (χ3n) is 6.81. The second-order valence-electron chi connectivity index (χ2n) is 9.09. The van der Waals surface area contributed by atoms with Crippen LogP contribution < -0.4 is 10.1 Å². The molecule has 4 nitrogen and oxygen atoms in total. The molecule has 0 radical (unpaired) electrons. The van der Waals surface area contributed by atoms with Crippen molar-refractivity contribution in [3.63, 3.8) is 0 Å². The summed E-state index contributed by atoms with van der Waals surface area (Å²) in [5.74, 6) is 0.480. The maximum absolute atomic E-state index is 13.0. The zero-order valence-corrected chi connectivity index (χ0v) is 20.2. The molecule has 1 amide bonds. The molecule has 0 aliphatic heterocycles. The van der Waals surface area contributed by atoms with Gasteiger partial charge in [-0.05, 0) is 64.9 Å². The molecule has 0 atom stereocenters. The number of allylic oxidation sites excluding steroid dienone is 1. The zero-order valence-electron chi connectivity index (χ0n) is 20.2. The summed E-state index contributed by atoms with van der Waals surface area (Å²) in [5.41, 5.74) is 10.3. The van der Waals surface area contributed by atoms with Gasteiger partial charge in [-0.2, -0.15) is 0 Å². The first kappa shape index (κ1) is 21.9. The molecule has 4 heteroatoms. The number of nitrogens with one attached hydrogen (secondary N) is 1. The molecule has 1 aliphatic rings. The fraction of sp³-hybridized carbons (Fsp3) is 0.0938. The van der Waals surface area contributed by atoms with Crippen LogP contribution in [-0.4, -0.2) is 13.0 Å². The molecule has 0 spiro atoms. The minimum atomic E-state index is -0.180. The maximum atomic E-state index is 13.0. The van der Waals surface area contributed by atoms with Gasteiger partial charge in [0.15, 0.2) is 0 Å². The third-order valence-corrected chi connectivity index (χ3v) is 6.81. The molecule has 1 heterocycles. The lowest BCUT2D eigenvalue weighted by molar-refractivity contribution is -0.111. The van der Waals surface area contributed by atoms with E-state index in [1.165, 1.54) is 22.3 Å². The van der Waals surface area contributed by atoms with Gasteiger partial charge >= 0.3 is 0 Å². The van der Waals surface area contributed by atoms with Gasteiger partial charge in [0.2, 0.25) is 5.91 Å². The molecule has 0 saturated carbocycles. The fourth-order valence-corrected chi connectivity index (χ4v) is 5.05. The van der Waals surface area contributed by atoms with Gasteiger partial charge in [0, 0.05) is 34.3 Å². The standard InChI is InChI=1S/C32H25NO3/c1-20(14-32(34)33-24-12-13-26-23(16-24)15-22-10-6-7-11-25(22)26)27-17-28-29(21-8-4-3-5-9-21)19-36-31(28)18-30(27)35-2/h3-14,16-19H,15H2,1-2H3,(H,33,34)/b20-14+. The minimum absolute atomic E-state index is 0.180. The fourth-order valence-electron chi connectivity index (χ4n) is 5.05. The lowest BCUT2D eigenvalue weighted by Gasteiger charge is -2.11. The van der Waals surface area contributed by atoms with Crippen LogP contribution in [0.2, 0.25) is 0 Å². The lowest BCUT2D eigenvalue weighted by atomic mass is 9.99. The molecular weight excluding hydrogens is 446 g/mol. The van der Waals surface area contributed by atoms with E-state index in [0.717, 1.165) is 45.3 Å². The molecule has 0 unspecified atom stereocenters. The summed E-state index contributed by atoms with van der Waals surface area (Å²) in [4.78, 5) is 13.0. The van der Waals surface area contributed by atoms with Crippen molar-refractivity contribution >= 4 is 28.1 Å². The predicted molar refractivity (Wildman–Crippen MR) is 145 cm³/mol. The molecule has 176 valence electrons. The summed E-state index contributed by atoms with van der Waals surface area (Å²) >= 11 is 0. The minimum Gasteiger partial charge on any atom is -0.496 e. The van der Waals surface area contributed by atoms with Crippen LogP contribution in [0.5, 0.6) is 5.75 Å². The van der Waals surface area contributed by atoms with Gasteiger partial charge in [-0.1, -0.05) is 60.7 Å². The van der Waals surface area contributed by atoms with Crippen molar-refractivity contribution in [3.8, 4) is 28.0 Å². The van der Waals surface area contributed by atoms with Crippen molar-refractivity contribution in [2.75, 3.05) is 12.4 Å². The summed E-state index contributed by atoms with van der Waals surface area (Å²) in [6.07, 6.45) is 4.27. The molecule has 6 rings (SSSR count). The summed E-state index contributed by atoms with van der Waals surface area (Å²) < 4.78 is 11.5. The van der Waals surface area contributed by atoms with Gasteiger partial charge in [0.25, 0.3) is 0 Å². The summed E-state index contributed by atoms with van der Waals surface area (Å²) in [6, 6.07) is 28.6. The number of benzene rings is 4. The van der Waals surface area contributed by atoms with Crippen molar-refractivity contribution in [1.29, 1.82) is 0 Å². The number of fused-ring (bicyclic) bond motifs is 4. The number of amides is 1. The molecular formula is C32H25NO3. The number of anilines is 1. The maximum Gasteiger partial charge on any atom is 0.248 e. The SMILES string of the molecule is COc1cc2occ(-c3ccccc3)c2cc1/C(C)=C/C(=O)Nc1ccc2c(c1)Cc1ccccc1-2. The summed E-state index contributed by atoms with van der Waals surface area (Å²) in [5, 5.41) is 4.01. The molecule has 1 N–H and O–H groups in total. The van der Waals surface area contributed by atoms with Crippen molar-refractivity contribution in [3.05, 3.63) is 114 Å². The van der Waals surface area contributed by atoms with Gasteiger partial charge < -0.3 is 14.5 Å². The Hall–Kier alpha value is -4.57. The van der Waals surface area contributed by atoms with E-state index in [1.54, 1.807) is 19.4 Å². The average molecular weight is 472 g/mol. The molecule has 1 aliphatic carbocycles. The van der Waals surface area contributed by atoms with Crippen LogP contribution >= 0.6 is 0 Å². The smallest absolute Gasteiger partial charge is 0.248 e. The Morgan fingerprint density at radius 1 is 0.889 bits per heavy atom. The second kappa shape index (κ2) is 8.90. The van der Waals surface area contributed by atoms with Crippen LogP contribution in [0.25, 0.3) is 38.8 Å². The van der Waals surface area contributed by atoms with Crippen molar-refractivity contribution in [1.82, 2.24) is 0 Å². The largest absolute Gasteiger partial charge is 0.496 e. The molecule has 36 heavy (non-hydrogen) atoms. The number of hydrogen-bond donors (Lipinski definition) is 1. The molecule has 0 bridgehead atoms. The molecule has 0 saturated heterocycles. The number of ether oxygens (including phenoxy) is 1. The van der Waals surface area contributed by atoms with E-state index in [-0.39, 0.29) is 5.91 Å². The van der Waals surface area contributed by atoms with E-state index in [4.69, 9.17) is 9.15 Å². The number of carbonyl (C=O) groups is 1. The Bertz CT molecular complexity index is 1640. The van der Waals surface area contributed by atoms with Crippen molar-refractivity contribution in [2.24, 2.45) is 0 Å². The second-order valence-corrected chi connectivity index (χ2v) is 9.09. The van der Waals surface area contributed by atoms with Crippen molar-refractivity contribution in [2.45, 2.75) is 13.3 Å². The molecule has 0 fully saturated rings. The van der Waals surface area contributed by atoms with Gasteiger partial charge in [-0.15, -0.1) is 0 Å². The van der Waals surface area contributed by atoms with E-state index in [0.29, 0.717) is 5.75 Å². The molecule has 4 aromatic carbocycles. The first-order valence-corrected chi connectivity index (χ1v) is 12.0. The normalized spacial score (nSPS) is 12.3. The van der Waals surface area contributed by atoms with Crippen LogP contribution in [0, 0.1) is 0 Å². The topological polar surface area (TPSA) is 51.5 Å². The Balaban J connectivity index is 1.29. The number of carbonyl (C=O) groups excluding carboxylic acids is 1. The van der Waals surface area contributed by atoms with E-state index < -0.39 is 0 Å². The Kier molecular flexibility index (Phi) is 5.42. The van der Waals surface area contributed by atoms with E-state index in [1.807, 2.05) is 43.3 Å². The van der Waals surface area contributed by atoms with Crippen molar-refractivity contribution < 1.29 is 13.9 Å². The average Bonchev–Trinajstić information content (AvgIpc) is 3.48. The van der Waals surface area contributed by atoms with Crippen LogP contribution in [0.1, 0.15) is 23.6 Å². The first-order chi connectivity index (χ1) is 17.6. The van der Waals surface area contributed by atoms with E-state index in [9.17, 15) is 4.79 Å². The predicted octanol–water partition coefficient (Wildman–Crippen LogP) is 7.72. The number of methoxy groups -OCH3 is 1. The monoisotopic (exact) mass is 471 g/mol. The highest BCUT2D eigenvalue weighted by Gasteiger charge is 2.18. The van der Waals surface area contributed by atoms with Gasteiger partial charge in [0.05, 0.1) is 13.4 Å². The van der Waals surface area contributed by atoms with Crippen LogP contribution in [0.4, 0.5) is 5.69 Å².